The highest BCUT2D eigenvalue weighted by Crippen LogP contribution is 2.40. The van der Waals surface area contributed by atoms with E-state index >= 15 is 0 Å². The van der Waals surface area contributed by atoms with Gasteiger partial charge in [0, 0.05) is 18.5 Å². The molecule has 0 atom stereocenters. The molecule has 1 aromatic heterocycles. The minimum Gasteiger partial charge on any atom is -0.350 e. The molecule has 1 aliphatic rings. The average Bonchev–Trinajstić information content (AvgIpc) is 3.38. The molecule has 0 aliphatic heterocycles. The van der Waals surface area contributed by atoms with Gasteiger partial charge in [0.15, 0.2) is 0 Å². The van der Waals surface area contributed by atoms with E-state index in [4.69, 9.17) is 0 Å². The van der Waals surface area contributed by atoms with Gasteiger partial charge < -0.3 is 10.2 Å². The van der Waals surface area contributed by atoms with Crippen LogP contribution in [0.15, 0.2) is 35.5 Å². The van der Waals surface area contributed by atoms with Gasteiger partial charge in [-0.05, 0) is 45.7 Å². The van der Waals surface area contributed by atoms with Crippen LogP contribution in [-0.2, 0) is 9.59 Å². The van der Waals surface area contributed by atoms with Crippen LogP contribution in [0.4, 0.5) is 0 Å². The summed E-state index contributed by atoms with van der Waals surface area (Å²) in [5, 5.41) is 8.05. The Morgan fingerprint density at radius 1 is 1.25 bits per heavy atom. The Balaban J connectivity index is 1.60. The van der Waals surface area contributed by atoms with Crippen LogP contribution in [0.5, 0.6) is 0 Å². The van der Waals surface area contributed by atoms with E-state index in [0.717, 1.165) is 24.4 Å². The molecule has 8 heteroatoms. The third-order valence-electron chi connectivity index (χ3n) is 4.20. The Morgan fingerprint density at radius 3 is 2.54 bits per heavy atom. The van der Waals surface area contributed by atoms with Gasteiger partial charge in [-0.25, -0.2) is 9.67 Å². The zero-order valence-electron chi connectivity index (χ0n) is 16.8. The Hall–Kier alpha value is -2.35. The van der Waals surface area contributed by atoms with Gasteiger partial charge in [-0.3, -0.25) is 9.59 Å². The van der Waals surface area contributed by atoms with Crippen LogP contribution >= 0.6 is 11.8 Å². The van der Waals surface area contributed by atoms with Crippen LogP contribution < -0.4 is 5.32 Å². The fraction of sp³-hybridized carbons (Fsp3) is 0.500. The highest BCUT2D eigenvalue weighted by molar-refractivity contribution is 7.99. The predicted octanol–water partition coefficient (Wildman–Crippen LogP) is 2.61. The number of likely N-dealkylation sites (N-methyl/N-ethyl adjacent to an activating group) is 1. The summed E-state index contributed by atoms with van der Waals surface area (Å²) in [6.45, 7) is 5.77. The van der Waals surface area contributed by atoms with Gasteiger partial charge in [0.25, 0.3) is 0 Å². The molecular formula is C20H27N5O2S. The maximum atomic E-state index is 12.4. The second kappa shape index (κ2) is 8.34. The number of aromatic nitrogens is 3. The number of carbonyl (C=O) groups is 2. The predicted molar refractivity (Wildman–Crippen MR) is 110 cm³/mol. The van der Waals surface area contributed by atoms with Crippen molar-refractivity contribution < 1.29 is 9.59 Å². The molecule has 2 amide bonds. The Morgan fingerprint density at radius 2 is 1.93 bits per heavy atom. The third-order valence-corrected chi connectivity index (χ3v) is 5.02. The van der Waals surface area contributed by atoms with Crippen molar-refractivity contribution in [2.45, 2.75) is 50.2 Å². The lowest BCUT2D eigenvalue weighted by Crippen LogP contribution is -2.46. The minimum atomic E-state index is -0.316. The van der Waals surface area contributed by atoms with Crippen molar-refractivity contribution >= 4 is 23.6 Å². The number of hydrogen-bond acceptors (Lipinski definition) is 5. The summed E-state index contributed by atoms with van der Waals surface area (Å²) in [6, 6.07) is 9.92. The van der Waals surface area contributed by atoms with Gasteiger partial charge in [-0.2, -0.15) is 0 Å². The summed E-state index contributed by atoms with van der Waals surface area (Å²) in [7, 11) is 1.64. The SMILES string of the molecule is CN(CC(=O)NC(C)(C)C)C(=O)CSc1nc(C2CC2)n(-c2ccccc2)n1. The summed E-state index contributed by atoms with van der Waals surface area (Å²) in [6.07, 6.45) is 2.25. The summed E-state index contributed by atoms with van der Waals surface area (Å²) >= 11 is 1.31. The van der Waals surface area contributed by atoms with Gasteiger partial charge >= 0.3 is 0 Å². The number of rotatable bonds is 7. The summed E-state index contributed by atoms with van der Waals surface area (Å²) in [5.74, 6) is 1.30. The van der Waals surface area contributed by atoms with Crippen LogP contribution in [0.3, 0.4) is 0 Å². The number of carbonyl (C=O) groups excluding carboxylic acids is 2. The Bertz CT molecular complexity index is 840. The fourth-order valence-corrected chi connectivity index (χ4v) is 3.50. The van der Waals surface area contributed by atoms with Crippen LogP contribution in [0.2, 0.25) is 0 Å². The molecule has 2 aromatic rings. The Kier molecular flexibility index (Phi) is 6.07. The van der Waals surface area contributed by atoms with Crippen molar-refractivity contribution in [1.29, 1.82) is 0 Å². The summed E-state index contributed by atoms with van der Waals surface area (Å²) < 4.78 is 1.88. The number of hydrogen-bond donors (Lipinski definition) is 1. The van der Waals surface area contributed by atoms with E-state index < -0.39 is 0 Å². The molecule has 0 spiro atoms. The number of nitrogens with one attached hydrogen (secondary N) is 1. The van der Waals surface area contributed by atoms with E-state index in [0.29, 0.717) is 11.1 Å². The maximum absolute atomic E-state index is 12.4. The van der Waals surface area contributed by atoms with Gasteiger partial charge in [0.1, 0.15) is 5.82 Å². The highest BCUT2D eigenvalue weighted by atomic mass is 32.2. The van der Waals surface area contributed by atoms with Crippen molar-refractivity contribution in [1.82, 2.24) is 25.0 Å². The number of amides is 2. The van der Waals surface area contributed by atoms with Gasteiger partial charge in [0.05, 0.1) is 18.0 Å². The molecule has 3 rings (SSSR count). The molecular weight excluding hydrogens is 374 g/mol. The van der Waals surface area contributed by atoms with Crippen LogP contribution in [0.25, 0.3) is 5.69 Å². The quantitative estimate of drug-likeness (QED) is 0.722. The first kappa shape index (κ1) is 20.4. The first-order valence-electron chi connectivity index (χ1n) is 9.43. The largest absolute Gasteiger partial charge is 0.350 e. The molecule has 150 valence electrons. The smallest absolute Gasteiger partial charge is 0.240 e. The van der Waals surface area contributed by atoms with Gasteiger partial charge in [0.2, 0.25) is 17.0 Å². The van der Waals surface area contributed by atoms with Crippen molar-refractivity contribution in [3.63, 3.8) is 0 Å². The number of thioether (sulfide) groups is 1. The van der Waals surface area contributed by atoms with E-state index in [1.165, 1.54) is 16.7 Å². The fourth-order valence-electron chi connectivity index (χ4n) is 2.73. The molecule has 0 saturated heterocycles. The van der Waals surface area contributed by atoms with E-state index in [-0.39, 0.29) is 29.7 Å². The lowest BCUT2D eigenvalue weighted by atomic mass is 10.1. The number of para-hydroxylation sites is 1. The van der Waals surface area contributed by atoms with Gasteiger partial charge in [-0.15, -0.1) is 5.10 Å². The number of nitrogens with zero attached hydrogens (tertiary/aromatic N) is 4. The van der Waals surface area contributed by atoms with E-state index in [1.54, 1.807) is 7.05 Å². The first-order valence-corrected chi connectivity index (χ1v) is 10.4. The van der Waals surface area contributed by atoms with Crippen LogP contribution in [-0.4, -0.2) is 56.4 Å². The second-order valence-electron chi connectivity index (χ2n) is 8.11. The topological polar surface area (TPSA) is 80.1 Å². The van der Waals surface area contributed by atoms with Crippen LogP contribution in [0.1, 0.15) is 45.4 Å². The lowest BCUT2D eigenvalue weighted by molar-refractivity contribution is -0.133. The molecule has 28 heavy (non-hydrogen) atoms. The molecule has 0 bridgehead atoms. The van der Waals surface area contributed by atoms with Gasteiger partial charge in [-0.1, -0.05) is 30.0 Å². The lowest BCUT2D eigenvalue weighted by Gasteiger charge is -2.23. The molecule has 1 N–H and O–H groups in total. The standard InChI is InChI=1S/C20H27N5O2S/c1-20(2,3)22-16(26)12-24(4)17(27)13-28-19-21-18(14-10-11-14)25(23-19)15-8-6-5-7-9-15/h5-9,14H,10-13H2,1-4H3,(H,22,26). The second-order valence-corrected chi connectivity index (χ2v) is 9.05. The van der Waals surface area contributed by atoms with Crippen molar-refractivity contribution in [2.75, 3.05) is 19.3 Å². The van der Waals surface area contributed by atoms with Crippen molar-refractivity contribution in [2.24, 2.45) is 0 Å². The zero-order valence-corrected chi connectivity index (χ0v) is 17.6. The molecule has 1 heterocycles. The first-order chi connectivity index (χ1) is 13.2. The van der Waals surface area contributed by atoms with E-state index in [9.17, 15) is 9.59 Å². The van der Waals surface area contributed by atoms with Crippen molar-refractivity contribution in [3.8, 4) is 5.69 Å². The summed E-state index contributed by atoms with van der Waals surface area (Å²) in [5.41, 5.74) is 0.661. The molecule has 7 nitrogen and oxygen atoms in total. The molecule has 0 radical (unpaired) electrons. The molecule has 0 unspecified atom stereocenters. The summed E-state index contributed by atoms with van der Waals surface area (Å²) in [4.78, 5) is 30.5. The Labute approximate surface area is 169 Å². The highest BCUT2D eigenvalue weighted by Gasteiger charge is 2.30. The minimum absolute atomic E-state index is 0.0376. The van der Waals surface area contributed by atoms with Crippen LogP contribution in [0, 0.1) is 0 Å². The molecule has 1 fully saturated rings. The molecule has 1 aromatic carbocycles. The normalized spacial score (nSPS) is 14.0. The zero-order chi connectivity index (χ0) is 20.3. The molecule has 1 aliphatic carbocycles. The molecule has 1 saturated carbocycles. The number of benzene rings is 1. The van der Waals surface area contributed by atoms with E-state index in [1.807, 2.05) is 55.8 Å². The van der Waals surface area contributed by atoms with Crippen molar-refractivity contribution in [3.05, 3.63) is 36.2 Å². The average molecular weight is 402 g/mol. The third kappa shape index (κ3) is 5.58. The monoisotopic (exact) mass is 401 g/mol. The van der Waals surface area contributed by atoms with E-state index in [2.05, 4.69) is 15.4 Å². The maximum Gasteiger partial charge on any atom is 0.240 e.